The number of allylic oxidation sites excluding steroid dienone is 1. The van der Waals surface area contributed by atoms with Crippen LogP contribution in [0.1, 0.15) is 5.56 Å². The van der Waals surface area contributed by atoms with Crippen molar-refractivity contribution in [3.05, 3.63) is 82.3 Å². The molecule has 0 radical (unpaired) electrons. The SMILES string of the molecule is C=C/C(OC)=C(\C=C)C1Oc2ccccc2C=C1[N+](=O)[O-]. The van der Waals surface area contributed by atoms with E-state index in [9.17, 15) is 10.1 Å². The zero-order chi connectivity index (χ0) is 15.4. The Morgan fingerprint density at radius 1 is 1.38 bits per heavy atom. The summed E-state index contributed by atoms with van der Waals surface area (Å²) in [5.74, 6) is 0.967. The second kappa shape index (κ2) is 6.09. The average molecular weight is 285 g/mol. The first-order chi connectivity index (χ1) is 10.1. The van der Waals surface area contributed by atoms with Gasteiger partial charge >= 0.3 is 0 Å². The average Bonchev–Trinajstić information content (AvgIpc) is 2.51. The monoisotopic (exact) mass is 285 g/mol. The van der Waals surface area contributed by atoms with E-state index in [0.29, 0.717) is 22.6 Å². The lowest BCUT2D eigenvalue weighted by Gasteiger charge is -2.24. The van der Waals surface area contributed by atoms with Crippen molar-refractivity contribution in [2.45, 2.75) is 6.10 Å². The molecule has 5 nitrogen and oxygen atoms in total. The minimum Gasteiger partial charge on any atom is -0.496 e. The number of ether oxygens (including phenoxy) is 2. The van der Waals surface area contributed by atoms with Crippen molar-refractivity contribution in [2.75, 3.05) is 7.11 Å². The van der Waals surface area contributed by atoms with Crippen LogP contribution < -0.4 is 4.74 Å². The summed E-state index contributed by atoms with van der Waals surface area (Å²) in [5, 5.41) is 11.3. The minimum atomic E-state index is -0.889. The Balaban J connectivity index is 2.59. The minimum absolute atomic E-state index is 0.0694. The zero-order valence-electron chi connectivity index (χ0n) is 11.6. The fourth-order valence-electron chi connectivity index (χ4n) is 2.16. The molecule has 1 aliphatic rings. The van der Waals surface area contributed by atoms with Crippen LogP contribution in [-0.2, 0) is 4.74 Å². The maximum Gasteiger partial charge on any atom is 0.291 e. The van der Waals surface area contributed by atoms with Crippen LogP contribution in [0.3, 0.4) is 0 Å². The Bertz CT molecular complexity index is 658. The summed E-state index contributed by atoms with van der Waals surface area (Å²) in [7, 11) is 1.47. The van der Waals surface area contributed by atoms with Crippen LogP contribution in [-0.4, -0.2) is 18.1 Å². The van der Waals surface area contributed by atoms with Gasteiger partial charge in [-0.2, -0.15) is 0 Å². The molecule has 0 spiro atoms. The van der Waals surface area contributed by atoms with E-state index in [0.717, 1.165) is 0 Å². The Morgan fingerprint density at radius 2 is 2.10 bits per heavy atom. The molecule has 0 aliphatic carbocycles. The molecule has 21 heavy (non-hydrogen) atoms. The van der Waals surface area contributed by atoms with Crippen molar-refractivity contribution in [1.82, 2.24) is 0 Å². The van der Waals surface area contributed by atoms with Crippen molar-refractivity contribution in [1.29, 1.82) is 0 Å². The molecule has 1 aromatic rings. The smallest absolute Gasteiger partial charge is 0.291 e. The lowest BCUT2D eigenvalue weighted by atomic mass is 10.00. The molecular formula is C16H15NO4. The molecule has 1 heterocycles. The number of hydrogen-bond acceptors (Lipinski definition) is 4. The van der Waals surface area contributed by atoms with Crippen LogP contribution in [0.5, 0.6) is 5.75 Å². The number of rotatable bonds is 5. The van der Waals surface area contributed by atoms with Crippen molar-refractivity contribution < 1.29 is 14.4 Å². The number of benzene rings is 1. The van der Waals surface area contributed by atoms with E-state index in [4.69, 9.17) is 9.47 Å². The van der Waals surface area contributed by atoms with Gasteiger partial charge in [0, 0.05) is 17.2 Å². The lowest BCUT2D eigenvalue weighted by molar-refractivity contribution is -0.432. The first kappa shape index (κ1) is 14.6. The Hall–Kier alpha value is -2.82. The second-order valence-corrected chi connectivity index (χ2v) is 4.29. The number of para-hydroxylation sites is 1. The number of methoxy groups -OCH3 is 1. The maximum atomic E-state index is 11.3. The van der Waals surface area contributed by atoms with Crippen LogP contribution >= 0.6 is 0 Å². The van der Waals surface area contributed by atoms with E-state index < -0.39 is 11.0 Å². The van der Waals surface area contributed by atoms with Crippen molar-refractivity contribution in [3.8, 4) is 5.75 Å². The fraction of sp³-hybridized carbons (Fsp3) is 0.125. The van der Waals surface area contributed by atoms with Gasteiger partial charge in [-0.25, -0.2) is 0 Å². The standard InChI is InChI=1S/C16H15NO4/c1-4-12(14(5-2)20-3)16-13(17(18)19)10-11-8-6-7-9-15(11)21-16/h4-10,16H,1-2H2,3H3/b14-12-. The molecule has 0 aromatic heterocycles. The first-order valence-corrected chi connectivity index (χ1v) is 6.27. The molecule has 0 fully saturated rings. The van der Waals surface area contributed by atoms with E-state index in [1.54, 1.807) is 18.2 Å². The van der Waals surface area contributed by atoms with Gasteiger partial charge < -0.3 is 9.47 Å². The topological polar surface area (TPSA) is 61.6 Å². The van der Waals surface area contributed by atoms with Crippen LogP contribution in [0.2, 0.25) is 0 Å². The maximum absolute atomic E-state index is 11.3. The first-order valence-electron chi connectivity index (χ1n) is 6.27. The van der Waals surface area contributed by atoms with Crippen molar-refractivity contribution >= 4 is 6.08 Å². The van der Waals surface area contributed by atoms with Gasteiger partial charge in [0.25, 0.3) is 5.70 Å². The van der Waals surface area contributed by atoms with Gasteiger partial charge in [-0.05, 0) is 12.1 Å². The summed E-state index contributed by atoms with van der Waals surface area (Å²) in [6.45, 7) is 7.32. The molecule has 1 aromatic carbocycles. The van der Waals surface area contributed by atoms with Gasteiger partial charge in [0.2, 0.25) is 6.10 Å². The predicted octanol–water partition coefficient (Wildman–Crippen LogP) is 3.34. The summed E-state index contributed by atoms with van der Waals surface area (Å²) in [5.41, 5.74) is 1.06. The summed E-state index contributed by atoms with van der Waals surface area (Å²) in [6, 6.07) is 7.13. The molecule has 108 valence electrons. The van der Waals surface area contributed by atoms with Crippen molar-refractivity contribution in [2.24, 2.45) is 0 Å². The molecule has 0 amide bonds. The van der Waals surface area contributed by atoms with Gasteiger partial charge in [0.05, 0.1) is 12.0 Å². The highest BCUT2D eigenvalue weighted by Crippen LogP contribution is 2.33. The third kappa shape index (κ3) is 2.72. The van der Waals surface area contributed by atoms with Gasteiger partial charge in [0.1, 0.15) is 11.5 Å². The number of nitrogens with zero attached hydrogens (tertiary/aromatic N) is 1. The van der Waals surface area contributed by atoms with Crippen LogP contribution in [0.25, 0.3) is 6.08 Å². The summed E-state index contributed by atoms with van der Waals surface area (Å²) >= 11 is 0. The van der Waals surface area contributed by atoms with Gasteiger partial charge in [-0.1, -0.05) is 37.4 Å². The molecule has 0 saturated heterocycles. The van der Waals surface area contributed by atoms with Crippen molar-refractivity contribution in [3.63, 3.8) is 0 Å². The highest BCUT2D eigenvalue weighted by atomic mass is 16.6. The summed E-state index contributed by atoms with van der Waals surface area (Å²) < 4.78 is 11.0. The second-order valence-electron chi connectivity index (χ2n) is 4.29. The van der Waals surface area contributed by atoms with Gasteiger partial charge in [-0.15, -0.1) is 0 Å². The largest absolute Gasteiger partial charge is 0.496 e. The van der Waals surface area contributed by atoms with E-state index in [2.05, 4.69) is 13.2 Å². The highest BCUT2D eigenvalue weighted by molar-refractivity contribution is 5.63. The molecule has 0 saturated carbocycles. The number of fused-ring (bicyclic) bond motifs is 1. The van der Waals surface area contributed by atoms with Gasteiger partial charge in [-0.3, -0.25) is 10.1 Å². The predicted molar refractivity (Wildman–Crippen MR) is 80.3 cm³/mol. The zero-order valence-corrected chi connectivity index (χ0v) is 11.6. The van der Waals surface area contributed by atoms with E-state index in [1.165, 1.54) is 25.3 Å². The highest BCUT2D eigenvalue weighted by Gasteiger charge is 2.35. The number of nitro groups is 1. The summed E-state index contributed by atoms with van der Waals surface area (Å²) in [6.07, 6.45) is 3.57. The molecule has 1 unspecified atom stereocenters. The normalized spacial score (nSPS) is 17.6. The Morgan fingerprint density at radius 3 is 2.67 bits per heavy atom. The van der Waals surface area contributed by atoms with Gasteiger partial charge in [0.15, 0.2) is 0 Å². The van der Waals surface area contributed by atoms with E-state index >= 15 is 0 Å². The quantitative estimate of drug-likeness (QED) is 0.360. The number of hydrogen-bond donors (Lipinski definition) is 0. The molecular weight excluding hydrogens is 270 g/mol. The molecule has 2 rings (SSSR count). The van der Waals surface area contributed by atoms with Crippen LogP contribution in [0.4, 0.5) is 0 Å². The molecule has 1 atom stereocenters. The van der Waals surface area contributed by atoms with E-state index in [1.807, 2.05) is 6.07 Å². The molecule has 0 bridgehead atoms. The Kier molecular flexibility index (Phi) is 4.23. The molecule has 1 aliphatic heterocycles. The third-order valence-corrected chi connectivity index (χ3v) is 3.14. The van der Waals surface area contributed by atoms with Crippen LogP contribution in [0, 0.1) is 10.1 Å². The summed E-state index contributed by atoms with van der Waals surface area (Å²) in [4.78, 5) is 10.9. The van der Waals surface area contributed by atoms with E-state index in [-0.39, 0.29) is 5.70 Å². The van der Waals surface area contributed by atoms with Crippen LogP contribution in [0.15, 0.2) is 66.6 Å². The third-order valence-electron chi connectivity index (χ3n) is 3.14. The Labute approximate surface area is 122 Å². The fourth-order valence-corrected chi connectivity index (χ4v) is 2.16. The molecule has 0 N–H and O–H groups in total. The lowest BCUT2D eigenvalue weighted by Crippen LogP contribution is -2.29. The molecule has 5 heteroatoms.